The van der Waals surface area contributed by atoms with Gasteiger partial charge < -0.3 is 25.0 Å². The van der Waals surface area contributed by atoms with E-state index in [0.717, 1.165) is 6.42 Å². The average Bonchev–Trinajstić information content (AvgIpc) is 2.87. The van der Waals surface area contributed by atoms with Gasteiger partial charge in [-0.05, 0) is 6.42 Å². The van der Waals surface area contributed by atoms with E-state index in [1.54, 1.807) is 11.7 Å². The number of carbonyl (C=O) groups is 2. The SMILES string of the molecule is CCC(COC)NC(=O)NCCn1cnc(C(=O)O)c1. The highest BCUT2D eigenvalue weighted by Gasteiger charge is 2.09. The lowest BCUT2D eigenvalue weighted by Gasteiger charge is -2.16. The van der Waals surface area contributed by atoms with Gasteiger partial charge in [-0.15, -0.1) is 0 Å². The number of ether oxygens (including phenoxy) is 1. The Morgan fingerprint density at radius 2 is 2.30 bits per heavy atom. The van der Waals surface area contributed by atoms with E-state index in [-0.39, 0.29) is 17.8 Å². The zero-order valence-electron chi connectivity index (χ0n) is 11.6. The molecule has 0 aromatic carbocycles. The molecule has 1 rings (SSSR count). The summed E-state index contributed by atoms with van der Waals surface area (Å²) in [6.45, 7) is 3.26. The summed E-state index contributed by atoms with van der Waals surface area (Å²) in [5.41, 5.74) is -0.0133. The lowest BCUT2D eigenvalue weighted by molar-refractivity contribution is 0.0691. The minimum atomic E-state index is -1.07. The molecule has 2 amide bonds. The number of carboxylic acid groups (broad SMARTS) is 1. The molecule has 0 bridgehead atoms. The third kappa shape index (κ3) is 5.27. The minimum absolute atomic E-state index is 0.0133. The Morgan fingerprint density at radius 3 is 2.85 bits per heavy atom. The van der Waals surface area contributed by atoms with Crippen molar-refractivity contribution in [2.24, 2.45) is 0 Å². The maximum atomic E-state index is 11.6. The number of hydrogen-bond acceptors (Lipinski definition) is 4. The number of nitrogens with one attached hydrogen (secondary N) is 2. The average molecular weight is 284 g/mol. The van der Waals surface area contributed by atoms with Crippen molar-refractivity contribution in [2.45, 2.75) is 25.9 Å². The second-order valence-electron chi connectivity index (χ2n) is 4.26. The standard InChI is InChI=1S/C12H20N4O4/c1-3-9(7-20-2)15-12(19)13-4-5-16-6-10(11(17)18)14-8-16/h6,8-9H,3-5,7H2,1-2H3,(H,17,18)(H2,13,15,19). The first kappa shape index (κ1) is 16.0. The Balaban J connectivity index is 2.28. The third-order valence-corrected chi connectivity index (χ3v) is 2.70. The van der Waals surface area contributed by atoms with Gasteiger partial charge in [-0.2, -0.15) is 0 Å². The van der Waals surface area contributed by atoms with E-state index < -0.39 is 5.97 Å². The Hall–Kier alpha value is -2.09. The van der Waals surface area contributed by atoms with Crippen molar-refractivity contribution < 1.29 is 19.4 Å². The molecule has 0 spiro atoms. The number of nitrogens with zero attached hydrogens (tertiary/aromatic N) is 2. The maximum Gasteiger partial charge on any atom is 0.356 e. The van der Waals surface area contributed by atoms with Gasteiger partial charge in [-0.1, -0.05) is 6.92 Å². The summed E-state index contributed by atoms with van der Waals surface area (Å²) in [5, 5.41) is 14.2. The van der Waals surface area contributed by atoms with Crippen LogP contribution < -0.4 is 10.6 Å². The first-order valence-corrected chi connectivity index (χ1v) is 6.35. The highest BCUT2D eigenvalue weighted by atomic mass is 16.5. The van der Waals surface area contributed by atoms with Gasteiger partial charge in [0.05, 0.1) is 19.0 Å². The van der Waals surface area contributed by atoms with E-state index in [1.807, 2.05) is 6.92 Å². The normalized spacial score (nSPS) is 11.9. The summed E-state index contributed by atoms with van der Waals surface area (Å²) in [6.07, 6.45) is 3.62. The summed E-state index contributed by atoms with van der Waals surface area (Å²) in [5.74, 6) is -1.07. The molecule has 20 heavy (non-hydrogen) atoms. The summed E-state index contributed by atoms with van der Waals surface area (Å²) >= 11 is 0. The zero-order valence-corrected chi connectivity index (χ0v) is 11.6. The molecule has 112 valence electrons. The predicted octanol–water partition coefficient (Wildman–Crippen LogP) is 0.306. The Labute approximate surface area is 117 Å². The van der Waals surface area contributed by atoms with Gasteiger partial charge in [0.15, 0.2) is 5.69 Å². The number of rotatable bonds is 8. The molecular weight excluding hydrogens is 264 g/mol. The molecule has 3 N–H and O–H groups in total. The van der Waals surface area contributed by atoms with E-state index in [9.17, 15) is 9.59 Å². The summed E-state index contributed by atoms with van der Waals surface area (Å²) < 4.78 is 6.59. The largest absolute Gasteiger partial charge is 0.476 e. The van der Waals surface area contributed by atoms with Crippen LogP contribution in [-0.4, -0.2) is 53.0 Å². The minimum Gasteiger partial charge on any atom is -0.476 e. The Bertz CT molecular complexity index is 446. The molecule has 0 aliphatic carbocycles. The van der Waals surface area contributed by atoms with E-state index >= 15 is 0 Å². The van der Waals surface area contributed by atoms with Crippen LogP contribution in [0, 0.1) is 0 Å². The number of carboxylic acids is 1. The molecule has 1 atom stereocenters. The van der Waals surface area contributed by atoms with Gasteiger partial charge in [0.2, 0.25) is 0 Å². The molecule has 0 fully saturated rings. The van der Waals surface area contributed by atoms with Crippen molar-refractivity contribution in [1.29, 1.82) is 0 Å². The fraction of sp³-hybridized carbons (Fsp3) is 0.583. The monoisotopic (exact) mass is 284 g/mol. The maximum absolute atomic E-state index is 11.6. The number of methoxy groups -OCH3 is 1. The van der Waals surface area contributed by atoms with Crippen molar-refractivity contribution >= 4 is 12.0 Å². The third-order valence-electron chi connectivity index (χ3n) is 2.70. The number of urea groups is 1. The summed E-state index contributed by atoms with van der Waals surface area (Å²) in [7, 11) is 1.58. The first-order valence-electron chi connectivity index (χ1n) is 6.35. The van der Waals surface area contributed by atoms with Crippen molar-refractivity contribution in [3.63, 3.8) is 0 Å². The van der Waals surface area contributed by atoms with Crippen LogP contribution in [0.5, 0.6) is 0 Å². The number of aromatic carboxylic acids is 1. The van der Waals surface area contributed by atoms with Crippen LogP contribution in [0.1, 0.15) is 23.8 Å². The van der Waals surface area contributed by atoms with Crippen LogP contribution in [0.25, 0.3) is 0 Å². The summed E-state index contributed by atoms with van der Waals surface area (Å²) in [4.78, 5) is 26.0. The van der Waals surface area contributed by atoms with Crippen LogP contribution >= 0.6 is 0 Å². The van der Waals surface area contributed by atoms with Gasteiger partial charge >= 0.3 is 12.0 Å². The molecule has 1 heterocycles. The quantitative estimate of drug-likeness (QED) is 0.637. The smallest absolute Gasteiger partial charge is 0.356 e. The highest BCUT2D eigenvalue weighted by molar-refractivity contribution is 5.84. The predicted molar refractivity (Wildman–Crippen MR) is 71.7 cm³/mol. The molecule has 0 aliphatic heterocycles. The van der Waals surface area contributed by atoms with Gasteiger partial charge in [0.1, 0.15) is 0 Å². The van der Waals surface area contributed by atoms with E-state index in [2.05, 4.69) is 15.6 Å². The molecule has 1 aromatic rings. The molecule has 8 heteroatoms. The lowest BCUT2D eigenvalue weighted by atomic mass is 10.2. The first-order chi connectivity index (χ1) is 9.56. The number of amides is 2. The lowest BCUT2D eigenvalue weighted by Crippen LogP contribution is -2.44. The summed E-state index contributed by atoms with van der Waals surface area (Å²) in [6, 6.07) is -0.292. The topological polar surface area (TPSA) is 105 Å². The van der Waals surface area contributed by atoms with Crippen molar-refractivity contribution in [3.8, 4) is 0 Å². The van der Waals surface area contributed by atoms with Gasteiger partial charge in [0, 0.05) is 26.4 Å². The van der Waals surface area contributed by atoms with Gasteiger partial charge in [-0.25, -0.2) is 14.6 Å². The van der Waals surface area contributed by atoms with E-state index in [0.29, 0.717) is 19.7 Å². The fourth-order valence-electron chi connectivity index (χ4n) is 1.59. The second-order valence-corrected chi connectivity index (χ2v) is 4.26. The van der Waals surface area contributed by atoms with Crippen LogP contribution in [0.15, 0.2) is 12.5 Å². The molecule has 0 saturated heterocycles. The number of imidazole rings is 1. The van der Waals surface area contributed by atoms with Crippen LogP contribution in [0.3, 0.4) is 0 Å². The van der Waals surface area contributed by atoms with E-state index in [4.69, 9.17) is 9.84 Å². The van der Waals surface area contributed by atoms with E-state index in [1.165, 1.54) is 12.5 Å². The Kier molecular flexibility index (Phi) is 6.51. The molecule has 1 unspecified atom stereocenters. The molecule has 0 saturated carbocycles. The second kappa shape index (κ2) is 8.16. The number of carbonyl (C=O) groups excluding carboxylic acids is 1. The zero-order chi connectivity index (χ0) is 15.0. The Morgan fingerprint density at radius 1 is 1.55 bits per heavy atom. The number of hydrogen-bond donors (Lipinski definition) is 3. The van der Waals surface area contributed by atoms with Gasteiger partial charge in [-0.3, -0.25) is 0 Å². The fourth-order valence-corrected chi connectivity index (χ4v) is 1.59. The van der Waals surface area contributed by atoms with Crippen molar-refractivity contribution in [1.82, 2.24) is 20.2 Å². The molecular formula is C12H20N4O4. The molecule has 0 radical (unpaired) electrons. The molecule has 1 aromatic heterocycles. The van der Waals surface area contributed by atoms with Crippen molar-refractivity contribution in [2.75, 3.05) is 20.3 Å². The number of aromatic nitrogens is 2. The van der Waals surface area contributed by atoms with Crippen LogP contribution in [0.4, 0.5) is 4.79 Å². The van der Waals surface area contributed by atoms with Crippen molar-refractivity contribution in [3.05, 3.63) is 18.2 Å². The molecule has 0 aliphatic rings. The highest BCUT2D eigenvalue weighted by Crippen LogP contribution is 1.95. The van der Waals surface area contributed by atoms with Crippen LogP contribution in [0.2, 0.25) is 0 Å². The van der Waals surface area contributed by atoms with Crippen LogP contribution in [-0.2, 0) is 11.3 Å². The molecule has 8 nitrogen and oxygen atoms in total. The van der Waals surface area contributed by atoms with Gasteiger partial charge in [0.25, 0.3) is 0 Å².